The molecule has 0 amide bonds. The van der Waals surface area contributed by atoms with Gasteiger partial charge in [-0.3, -0.25) is 0 Å². The van der Waals surface area contributed by atoms with Crippen LogP contribution in [0.3, 0.4) is 0 Å². The molecule has 0 unspecified atom stereocenters. The highest BCUT2D eigenvalue weighted by Gasteiger charge is 2.52. The lowest BCUT2D eigenvalue weighted by atomic mass is 9.84. The Bertz CT molecular complexity index is 432. The predicted molar refractivity (Wildman–Crippen MR) is 72.9 cm³/mol. The molecule has 1 aliphatic carbocycles. The second-order valence-corrected chi connectivity index (χ2v) is 6.62. The summed E-state index contributed by atoms with van der Waals surface area (Å²) in [6.07, 6.45) is 4.86. The highest BCUT2D eigenvalue weighted by Crippen LogP contribution is 2.37. The van der Waals surface area contributed by atoms with Crippen LogP contribution in [-0.4, -0.2) is 22.9 Å². The fourth-order valence-electron chi connectivity index (χ4n) is 2.35. The van der Waals surface area contributed by atoms with Crippen molar-refractivity contribution in [3.05, 3.63) is 18.3 Å². The quantitative estimate of drug-likeness (QED) is 0.764. The fraction of sp³-hybridized carbons (Fsp3) is 0.714. The van der Waals surface area contributed by atoms with E-state index in [-0.39, 0.29) is 18.3 Å². The van der Waals surface area contributed by atoms with Crippen molar-refractivity contribution in [2.75, 3.05) is 0 Å². The molecule has 0 aromatic carbocycles. The normalized spacial score (nSPS) is 25.7. The molecule has 1 saturated carbocycles. The summed E-state index contributed by atoms with van der Waals surface area (Å²) in [7, 11) is -0.233. The summed E-state index contributed by atoms with van der Waals surface area (Å²) in [6, 6.07) is 4.20. The Morgan fingerprint density at radius 2 is 1.83 bits per heavy atom. The van der Waals surface area contributed by atoms with Gasteiger partial charge in [0.2, 0.25) is 0 Å². The van der Waals surface area contributed by atoms with Gasteiger partial charge in [-0.05, 0) is 58.6 Å². The third-order valence-electron chi connectivity index (χ3n) is 4.51. The van der Waals surface area contributed by atoms with Gasteiger partial charge in [0.1, 0.15) is 0 Å². The Morgan fingerprint density at radius 3 is 2.39 bits per heavy atom. The molecular formula is C14H22BNO2. The molecule has 0 radical (unpaired) electrons. The summed E-state index contributed by atoms with van der Waals surface area (Å²) in [5.74, 6) is 0.860. The van der Waals surface area contributed by atoms with Crippen LogP contribution in [0.15, 0.2) is 18.3 Å². The number of nitrogens with zero attached hydrogens (tertiary/aromatic N) is 1. The monoisotopic (exact) mass is 247 g/mol. The molecule has 2 aliphatic rings. The van der Waals surface area contributed by atoms with Crippen LogP contribution >= 0.6 is 0 Å². The average Bonchev–Trinajstić information content (AvgIpc) is 2.86. The first kappa shape index (κ1) is 12.3. The lowest BCUT2D eigenvalue weighted by Crippen LogP contribution is -2.41. The molecule has 1 aliphatic heterocycles. The number of rotatable bonds is 3. The maximum atomic E-state index is 6.11. The van der Waals surface area contributed by atoms with Crippen LogP contribution < -0.4 is 5.59 Å². The Labute approximate surface area is 110 Å². The van der Waals surface area contributed by atoms with Gasteiger partial charge in [-0.2, -0.15) is 0 Å². The standard InChI is InChI=1S/C14H22BNO2/c1-13(2)14(3,4)18-15(17-13)12-6-5-9-16(12)10-11-7-8-11/h5-6,9,11H,7-8,10H2,1-4H3. The van der Waals surface area contributed by atoms with Crippen LogP contribution in [-0.2, 0) is 15.9 Å². The molecule has 0 spiro atoms. The summed E-state index contributed by atoms with van der Waals surface area (Å²) < 4.78 is 14.5. The first-order valence-electron chi connectivity index (χ1n) is 6.90. The van der Waals surface area contributed by atoms with Crippen molar-refractivity contribution in [3.8, 4) is 0 Å². The van der Waals surface area contributed by atoms with Gasteiger partial charge in [0.15, 0.2) is 0 Å². The lowest BCUT2D eigenvalue weighted by molar-refractivity contribution is 0.00578. The molecule has 2 heterocycles. The second kappa shape index (κ2) is 3.88. The third-order valence-corrected chi connectivity index (χ3v) is 4.51. The van der Waals surface area contributed by atoms with Gasteiger partial charge in [-0.1, -0.05) is 0 Å². The first-order chi connectivity index (χ1) is 8.39. The van der Waals surface area contributed by atoms with E-state index in [2.05, 4.69) is 50.6 Å². The van der Waals surface area contributed by atoms with E-state index in [9.17, 15) is 0 Å². The summed E-state index contributed by atoms with van der Waals surface area (Å²) in [4.78, 5) is 0. The summed E-state index contributed by atoms with van der Waals surface area (Å²) in [5.41, 5.74) is 0.638. The summed E-state index contributed by atoms with van der Waals surface area (Å²) in [5, 5.41) is 0. The molecule has 0 N–H and O–H groups in total. The minimum atomic E-state index is -0.258. The maximum Gasteiger partial charge on any atom is 0.512 e. The third kappa shape index (κ3) is 2.01. The van der Waals surface area contributed by atoms with Crippen molar-refractivity contribution in [1.29, 1.82) is 0 Å². The average molecular weight is 247 g/mol. The molecule has 2 fully saturated rings. The van der Waals surface area contributed by atoms with Gasteiger partial charge >= 0.3 is 7.12 Å². The lowest BCUT2D eigenvalue weighted by Gasteiger charge is -2.32. The zero-order valence-electron chi connectivity index (χ0n) is 11.8. The van der Waals surface area contributed by atoms with Crippen molar-refractivity contribution in [2.24, 2.45) is 5.92 Å². The molecule has 1 aromatic rings. The molecule has 98 valence electrons. The van der Waals surface area contributed by atoms with E-state index in [1.54, 1.807) is 0 Å². The van der Waals surface area contributed by atoms with E-state index in [1.807, 2.05) is 0 Å². The van der Waals surface area contributed by atoms with Crippen molar-refractivity contribution in [2.45, 2.75) is 58.3 Å². The van der Waals surface area contributed by atoms with Crippen molar-refractivity contribution in [1.82, 2.24) is 4.57 Å². The van der Waals surface area contributed by atoms with E-state index in [1.165, 1.54) is 12.8 Å². The van der Waals surface area contributed by atoms with Crippen LogP contribution in [0.4, 0.5) is 0 Å². The van der Waals surface area contributed by atoms with E-state index in [4.69, 9.17) is 9.31 Å². The molecule has 18 heavy (non-hydrogen) atoms. The molecule has 1 aromatic heterocycles. The second-order valence-electron chi connectivity index (χ2n) is 6.62. The molecule has 3 nitrogen and oxygen atoms in total. The fourth-order valence-corrected chi connectivity index (χ4v) is 2.35. The largest absolute Gasteiger partial charge is 0.512 e. The van der Waals surface area contributed by atoms with Crippen LogP contribution in [0.2, 0.25) is 0 Å². The summed E-state index contributed by atoms with van der Waals surface area (Å²) in [6.45, 7) is 9.50. The summed E-state index contributed by atoms with van der Waals surface area (Å²) >= 11 is 0. The Kier molecular flexibility index (Phi) is 2.65. The topological polar surface area (TPSA) is 23.4 Å². The molecule has 4 heteroatoms. The van der Waals surface area contributed by atoms with Gasteiger partial charge in [-0.25, -0.2) is 0 Å². The number of hydrogen-bond acceptors (Lipinski definition) is 2. The Morgan fingerprint density at radius 1 is 1.22 bits per heavy atom. The van der Waals surface area contributed by atoms with Crippen molar-refractivity contribution < 1.29 is 9.31 Å². The first-order valence-corrected chi connectivity index (χ1v) is 6.90. The molecule has 0 atom stereocenters. The van der Waals surface area contributed by atoms with Gasteiger partial charge in [-0.15, -0.1) is 0 Å². The maximum absolute atomic E-state index is 6.11. The number of aromatic nitrogens is 1. The SMILES string of the molecule is CC1(C)OB(c2cccn2CC2CC2)OC1(C)C. The zero-order valence-corrected chi connectivity index (χ0v) is 11.8. The Hall–Kier alpha value is -0.735. The molecule has 1 saturated heterocycles. The van der Waals surface area contributed by atoms with Crippen molar-refractivity contribution >= 4 is 12.7 Å². The van der Waals surface area contributed by atoms with Gasteiger partial charge in [0.05, 0.1) is 11.2 Å². The van der Waals surface area contributed by atoms with Gasteiger partial charge in [0.25, 0.3) is 0 Å². The Balaban J connectivity index is 1.81. The highest BCUT2D eigenvalue weighted by molar-refractivity contribution is 6.61. The van der Waals surface area contributed by atoms with Crippen LogP contribution in [0, 0.1) is 5.92 Å². The minimum absolute atomic E-state index is 0.233. The van der Waals surface area contributed by atoms with E-state index in [0.29, 0.717) is 0 Å². The minimum Gasteiger partial charge on any atom is -0.398 e. The van der Waals surface area contributed by atoms with E-state index < -0.39 is 0 Å². The smallest absolute Gasteiger partial charge is 0.398 e. The van der Waals surface area contributed by atoms with Crippen LogP contribution in [0.25, 0.3) is 0 Å². The van der Waals surface area contributed by atoms with Crippen LogP contribution in [0.5, 0.6) is 0 Å². The van der Waals surface area contributed by atoms with Crippen LogP contribution in [0.1, 0.15) is 40.5 Å². The van der Waals surface area contributed by atoms with Crippen molar-refractivity contribution in [3.63, 3.8) is 0 Å². The van der Waals surface area contributed by atoms with E-state index >= 15 is 0 Å². The highest BCUT2D eigenvalue weighted by atomic mass is 16.7. The number of hydrogen-bond donors (Lipinski definition) is 0. The molecule has 3 rings (SSSR count). The predicted octanol–water partition coefficient (Wildman–Crippen LogP) is 2.20. The van der Waals surface area contributed by atoms with Gasteiger partial charge < -0.3 is 13.9 Å². The van der Waals surface area contributed by atoms with Gasteiger partial charge in [0, 0.05) is 18.3 Å². The molecular weight excluding hydrogens is 225 g/mol. The molecule has 0 bridgehead atoms. The van der Waals surface area contributed by atoms with E-state index in [0.717, 1.165) is 18.1 Å². The zero-order chi connectivity index (χ0) is 13.0.